The fourth-order valence-corrected chi connectivity index (χ4v) is 2.17. The minimum absolute atomic E-state index is 0.00384. The number of nitrogens with one attached hydrogen (secondary N) is 1. The molecule has 0 bridgehead atoms. The molecule has 5 heteroatoms. The summed E-state index contributed by atoms with van der Waals surface area (Å²) in [6.07, 6.45) is 0.937. The Balaban J connectivity index is 2.52. The number of carbonyl (C=O) groups is 1. The maximum atomic E-state index is 11.9. The second-order valence-electron chi connectivity index (χ2n) is 4.71. The average Bonchev–Trinajstić information content (AvgIpc) is 2.59. The van der Waals surface area contributed by atoms with E-state index in [0.717, 1.165) is 6.42 Å². The van der Waals surface area contributed by atoms with E-state index in [-0.39, 0.29) is 29.9 Å². The van der Waals surface area contributed by atoms with E-state index in [4.69, 9.17) is 22.7 Å². The molecule has 92 valence electrons. The van der Waals surface area contributed by atoms with Crippen molar-refractivity contribution in [1.82, 2.24) is 5.32 Å². The van der Waals surface area contributed by atoms with Crippen LogP contribution in [0.25, 0.3) is 0 Å². The van der Waals surface area contributed by atoms with Crippen LogP contribution in [0.2, 0.25) is 0 Å². The highest BCUT2D eigenvalue weighted by Gasteiger charge is 2.30. The van der Waals surface area contributed by atoms with E-state index in [2.05, 4.69) is 5.32 Å². The Morgan fingerprint density at radius 3 is 2.56 bits per heavy atom. The molecule has 1 rings (SSSR count). The molecule has 1 aliphatic rings. The third kappa shape index (κ3) is 3.42. The minimum Gasteiger partial charge on any atom is -0.392 e. The zero-order valence-electron chi connectivity index (χ0n) is 10.0. The summed E-state index contributed by atoms with van der Waals surface area (Å²) in [5, 5.41) is 2.89. The lowest BCUT2D eigenvalue weighted by molar-refractivity contribution is -0.125. The quantitative estimate of drug-likeness (QED) is 0.719. The van der Waals surface area contributed by atoms with Gasteiger partial charge in [0.05, 0.1) is 29.7 Å². The third-order valence-corrected chi connectivity index (χ3v) is 3.09. The van der Waals surface area contributed by atoms with Gasteiger partial charge in [-0.1, -0.05) is 26.1 Å². The number of carbonyl (C=O) groups excluding carboxylic acids is 1. The molecular formula is C11H20N2O2S. The monoisotopic (exact) mass is 244 g/mol. The fraction of sp³-hybridized carbons (Fsp3) is 0.818. The first kappa shape index (κ1) is 13.4. The predicted octanol–water partition coefficient (Wildman–Crippen LogP) is 0.838. The van der Waals surface area contributed by atoms with Crippen molar-refractivity contribution < 1.29 is 9.53 Å². The van der Waals surface area contributed by atoms with E-state index >= 15 is 0 Å². The number of ether oxygens (including phenoxy) is 1. The van der Waals surface area contributed by atoms with Gasteiger partial charge in [0.15, 0.2) is 0 Å². The fourth-order valence-electron chi connectivity index (χ4n) is 1.84. The van der Waals surface area contributed by atoms with Gasteiger partial charge in [-0.25, -0.2) is 0 Å². The topological polar surface area (TPSA) is 64.4 Å². The van der Waals surface area contributed by atoms with Gasteiger partial charge in [0.1, 0.15) is 0 Å². The maximum Gasteiger partial charge on any atom is 0.226 e. The Hall–Kier alpha value is -0.680. The van der Waals surface area contributed by atoms with Crippen LogP contribution in [0.3, 0.4) is 0 Å². The zero-order chi connectivity index (χ0) is 12.3. The summed E-state index contributed by atoms with van der Waals surface area (Å²) >= 11 is 4.94. The van der Waals surface area contributed by atoms with Gasteiger partial charge in [0.2, 0.25) is 5.91 Å². The Morgan fingerprint density at radius 1 is 1.56 bits per heavy atom. The molecule has 1 saturated heterocycles. The third-order valence-electron chi connectivity index (χ3n) is 2.84. The largest absolute Gasteiger partial charge is 0.392 e. The molecule has 1 fully saturated rings. The summed E-state index contributed by atoms with van der Waals surface area (Å²) in [5.41, 5.74) is 5.60. The molecule has 3 N–H and O–H groups in total. The average molecular weight is 244 g/mol. The molecule has 3 unspecified atom stereocenters. The van der Waals surface area contributed by atoms with Gasteiger partial charge in [0, 0.05) is 0 Å². The maximum absolute atomic E-state index is 11.9. The van der Waals surface area contributed by atoms with Crippen molar-refractivity contribution >= 4 is 23.1 Å². The Morgan fingerprint density at radius 2 is 2.19 bits per heavy atom. The zero-order valence-corrected chi connectivity index (χ0v) is 10.8. The molecule has 0 saturated carbocycles. The minimum atomic E-state index is -0.224. The van der Waals surface area contributed by atoms with Crippen molar-refractivity contribution in [3.63, 3.8) is 0 Å². The van der Waals surface area contributed by atoms with Crippen molar-refractivity contribution in [3.05, 3.63) is 0 Å². The van der Waals surface area contributed by atoms with Crippen LogP contribution in [-0.2, 0) is 9.53 Å². The number of amides is 1. The molecule has 16 heavy (non-hydrogen) atoms. The molecule has 3 atom stereocenters. The highest BCUT2D eigenvalue weighted by Crippen LogP contribution is 2.19. The molecule has 0 aromatic heterocycles. The summed E-state index contributed by atoms with van der Waals surface area (Å²) in [7, 11) is 0. The van der Waals surface area contributed by atoms with E-state index in [1.807, 2.05) is 20.8 Å². The first-order valence-corrected chi connectivity index (χ1v) is 6.04. The molecule has 4 nitrogen and oxygen atoms in total. The summed E-state index contributed by atoms with van der Waals surface area (Å²) in [6, 6.07) is -0.224. The molecule has 0 radical (unpaired) electrons. The number of rotatable bonds is 4. The Bertz CT molecular complexity index is 281. The lowest BCUT2D eigenvalue weighted by atomic mass is 10.0. The molecule has 1 amide bonds. The molecule has 0 aliphatic carbocycles. The van der Waals surface area contributed by atoms with Crippen LogP contribution in [0.5, 0.6) is 0 Å². The highest BCUT2D eigenvalue weighted by atomic mass is 32.1. The van der Waals surface area contributed by atoms with Gasteiger partial charge in [-0.15, -0.1) is 0 Å². The number of hydrogen-bond donors (Lipinski definition) is 2. The van der Waals surface area contributed by atoms with Crippen molar-refractivity contribution in [3.8, 4) is 0 Å². The van der Waals surface area contributed by atoms with Gasteiger partial charge in [-0.3, -0.25) is 4.79 Å². The normalized spacial score (nSPS) is 26.8. The molecule has 0 aromatic rings. The van der Waals surface area contributed by atoms with Crippen LogP contribution in [0.15, 0.2) is 0 Å². The Labute approximate surface area is 102 Å². The predicted molar refractivity (Wildman–Crippen MR) is 67.1 cm³/mol. The van der Waals surface area contributed by atoms with E-state index in [9.17, 15) is 4.79 Å². The van der Waals surface area contributed by atoms with Crippen molar-refractivity contribution in [2.75, 3.05) is 6.61 Å². The van der Waals surface area contributed by atoms with Gasteiger partial charge < -0.3 is 15.8 Å². The van der Waals surface area contributed by atoms with Gasteiger partial charge in [-0.2, -0.15) is 0 Å². The molecule has 0 spiro atoms. The van der Waals surface area contributed by atoms with E-state index < -0.39 is 0 Å². The van der Waals surface area contributed by atoms with Crippen LogP contribution in [0.1, 0.15) is 27.2 Å². The van der Waals surface area contributed by atoms with Gasteiger partial charge in [-0.05, 0) is 19.3 Å². The lowest BCUT2D eigenvalue weighted by Gasteiger charge is -2.22. The summed E-state index contributed by atoms with van der Waals surface area (Å²) in [6.45, 7) is 6.44. The number of nitrogens with two attached hydrogens (primary N) is 1. The first-order chi connectivity index (χ1) is 7.41. The standard InChI is InChI=1S/C11H20N2O2S/c1-6(2)9(10(12)16)13-11(14)8-4-7(3)15-5-8/h6-9H,4-5H2,1-3H3,(H2,12,16)(H,13,14). The molecular weight excluding hydrogens is 224 g/mol. The second-order valence-corrected chi connectivity index (χ2v) is 5.18. The summed E-state index contributed by atoms with van der Waals surface area (Å²) in [4.78, 5) is 12.2. The van der Waals surface area contributed by atoms with Gasteiger partial charge >= 0.3 is 0 Å². The number of hydrogen-bond acceptors (Lipinski definition) is 3. The van der Waals surface area contributed by atoms with E-state index in [1.165, 1.54) is 0 Å². The SMILES string of the molecule is CC1CC(C(=O)NC(C(N)=S)C(C)C)CO1. The summed E-state index contributed by atoms with van der Waals surface area (Å²) in [5.74, 6) is 0.141. The highest BCUT2D eigenvalue weighted by molar-refractivity contribution is 7.80. The van der Waals surface area contributed by atoms with E-state index in [1.54, 1.807) is 0 Å². The van der Waals surface area contributed by atoms with Crippen LogP contribution in [-0.4, -0.2) is 29.6 Å². The number of thiocarbonyl (C=S) groups is 1. The van der Waals surface area contributed by atoms with Crippen LogP contribution in [0, 0.1) is 11.8 Å². The van der Waals surface area contributed by atoms with E-state index in [0.29, 0.717) is 11.6 Å². The van der Waals surface area contributed by atoms with Crippen molar-refractivity contribution in [2.24, 2.45) is 17.6 Å². The van der Waals surface area contributed by atoms with Crippen molar-refractivity contribution in [2.45, 2.75) is 39.3 Å². The smallest absolute Gasteiger partial charge is 0.226 e. The molecule has 1 heterocycles. The van der Waals surface area contributed by atoms with Crippen LogP contribution >= 0.6 is 12.2 Å². The van der Waals surface area contributed by atoms with Crippen LogP contribution in [0.4, 0.5) is 0 Å². The second kappa shape index (κ2) is 5.59. The Kier molecular flexibility index (Phi) is 4.68. The lowest BCUT2D eigenvalue weighted by Crippen LogP contribution is -2.48. The molecule has 0 aromatic carbocycles. The summed E-state index contributed by atoms with van der Waals surface area (Å²) < 4.78 is 5.36. The van der Waals surface area contributed by atoms with Crippen LogP contribution < -0.4 is 11.1 Å². The van der Waals surface area contributed by atoms with Gasteiger partial charge in [0.25, 0.3) is 0 Å². The molecule has 1 aliphatic heterocycles. The van der Waals surface area contributed by atoms with Crippen molar-refractivity contribution in [1.29, 1.82) is 0 Å². The first-order valence-electron chi connectivity index (χ1n) is 5.63.